The molecule has 0 aromatic heterocycles. The lowest BCUT2D eigenvalue weighted by atomic mass is 9.81. The quantitative estimate of drug-likeness (QED) is 0.695. The Balaban J connectivity index is 2.91. The molecule has 0 spiro atoms. The Morgan fingerprint density at radius 3 is 2.50 bits per heavy atom. The van der Waals surface area contributed by atoms with Crippen molar-refractivity contribution in [2.75, 3.05) is 11.5 Å². The molecule has 12 heavy (non-hydrogen) atoms. The van der Waals surface area contributed by atoms with Gasteiger partial charge in [0.25, 0.3) is 5.92 Å². The van der Waals surface area contributed by atoms with Crippen molar-refractivity contribution in [3.63, 3.8) is 0 Å². The molecule has 1 fully saturated rings. The smallest absolute Gasteiger partial charge is 0.315 e. The van der Waals surface area contributed by atoms with Gasteiger partial charge in [-0.05, 0) is 19.1 Å². The summed E-state index contributed by atoms with van der Waals surface area (Å²) >= 11 is 1.11. The lowest BCUT2D eigenvalue weighted by Gasteiger charge is -2.36. The predicted octanol–water partition coefficient (Wildman–Crippen LogP) is 1.85. The van der Waals surface area contributed by atoms with E-state index in [0.717, 1.165) is 18.7 Å². The summed E-state index contributed by atoms with van der Waals surface area (Å²) in [5.41, 5.74) is -1.86. The number of carbonyl (C=O) groups is 1. The lowest BCUT2D eigenvalue weighted by molar-refractivity contribution is -0.172. The van der Waals surface area contributed by atoms with Crippen molar-refractivity contribution < 1.29 is 18.7 Å². The molecule has 0 aliphatic carbocycles. The van der Waals surface area contributed by atoms with E-state index in [-0.39, 0.29) is 12.2 Å². The van der Waals surface area contributed by atoms with Crippen LogP contribution in [0.5, 0.6) is 0 Å². The van der Waals surface area contributed by atoms with Crippen LogP contribution >= 0.6 is 11.8 Å². The van der Waals surface area contributed by atoms with E-state index in [0.29, 0.717) is 5.75 Å². The average Bonchev–Trinajstić information content (AvgIpc) is 1.95. The molecule has 0 radical (unpaired) electrons. The summed E-state index contributed by atoms with van der Waals surface area (Å²) in [7, 11) is 0. The third-order valence-corrected chi connectivity index (χ3v) is 3.37. The maximum Gasteiger partial charge on any atom is 0.315 e. The summed E-state index contributed by atoms with van der Waals surface area (Å²) in [6.07, 6.45) is 0.0417. The molecule has 0 bridgehead atoms. The molecule has 1 rings (SSSR count). The Labute approximate surface area is 73.3 Å². The van der Waals surface area contributed by atoms with Gasteiger partial charge in [-0.2, -0.15) is 11.8 Å². The van der Waals surface area contributed by atoms with Crippen LogP contribution in [0.3, 0.4) is 0 Å². The van der Waals surface area contributed by atoms with Crippen molar-refractivity contribution in [1.29, 1.82) is 0 Å². The van der Waals surface area contributed by atoms with Gasteiger partial charge < -0.3 is 5.11 Å². The molecule has 0 amide bonds. The molecule has 70 valence electrons. The first kappa shape index (κ1) is 9.77. The molecule has 1 atom stereocenters. The van der Waals surface area contributed by atoms with E-state index in [9.17, 15) is 13.6 Å². The largest absolute Gasteiger partial charge is 0.481 e. The molecule has 1 heterocycles. The fourth-order valence-electron chi connectivity index (χ4n) is 1.08. The fraction of sp³-hybridized carbons (Fsp3) is 0.857. The zero-order chi connectivity index (χ0) is 9.41. The Hall–Kier alpha value is -0.320. The van der Waals surface area contributed by atoms with Gasteiger partial charge >= 0.3 is 5.97 Å². The van der Waals surface area contributed by atoms with E-state index in [1.54, 1.807) is 0 Å². The van der Waals surface area contributed by atoms with Crippen LogP contribution in [-0.4, -0.2) is 28.5 Å². The van der Waals surface area contributed by atoms with Gasteiger partial charge in [-0.15, -0.1) is 0 Å². The minimum absolute atomic E-state index is 0.0417. The van der Waals surface area contributed by atoms with Gasteiger partial charge in [-0.1, -0.05) is 0 Å². The molecule has 0 aromatic carbocycles. The number of halogens is 2. The highest BCUT2D eigenvalue weighted by Gasteiger charge is 2.57. The maximum absolute atomic E-state index is 13.1. The molecule has 5 heteroatoms. The Morgan fingerprint density at radius 1 is 1.58 bits per heavy atom. The Bertz CT molecular complexity index is 208. The SMILES string of the molecule is CC1(C(=O)O)CCSCC1(F)F. The molecule has 2 nitrogen and oxygen atoms in total. The highest BCUT2D eigenvalue weighted by atomic mass is 32.2. The van der Waals surface area contributed by atoms with Crippen LogP contribution in [-0.2, 0) is 4.79 Å². The summed E-state index contributed by atoms with van der Waals surface area (Å²) in [5.74, 6) is -4.36. The maximum atomic E-state index is 13.1. The number of rotatable bonds is 1. The standard InChI is InChI=1S/C7H10F2O2S/c1-6(5(10)11)2-3-12-4-7(6,8)9/h2-4H2,1H3,(H,10,11). The summed E-state index contributed by atoms with van der Waals surface area (Å²) < 4.78 is 26.2. The van der Waals surface area contributed by atoms with E-state index < -0.39 is 17.3 Å². The number of hydrogen-bond acceptors (Lipinski definition) is 2. The summed E-state index contributed by atoms with van der Waals surface area (Å²) in [6.45, 7) is 1.12. The van der Waals surface area contributed by atoms with Crippen LogP contribution in [0.4, 0.5) is 8.78 Å². The predicted molar refractivity (Wildman–Crippen MR) is 42.6 cm³/mol. The van der Waals surface area contributed by atoms with Gasteiger partial charge in [0, 0.05) is 0 Å². The third-order valence-electron chi connectivity index (χ3n) is 2.31. The van der Waals surface area contributed by atoms with E-state index >= 15 is 0 Å². The van der Waals surface area contributed by atoms with E-state index in [1.807, 2.05) is 0 Å². The highest BCUT2D eigenvalue weighted by Crippen LogP contribution is 2.46. The molecule has 1 saturated heterocycles. The van der Waals surface area contributed by atoms with Crippen LogP contribution in [0.2, 0.25) is 0 Å². The van der Waals surface area contributed by atoms with Crippen LogP contribution in [0.15, 0.2) is 0 Å². The van der Waals surface area contributed by atoms with Gasteiger partial charge in [-0.3, -0.25) is 4.79 Å². The van der Waals surface area contributed by atoms with Crippen LogP contribution in [0, 0.1) is 5.41 Å². The van der Waals surface area contributed by atoms with Crippen molar-refractivity contribution >= 4 is 17.7 Å². The zero-order valence-electron chi connectivity index (χ0n) is 6.64. The van der Waals surface area contributed by atoms with Gasteiger partial charge in [0.05, 0.1) is 5.75 Å². The number of carboxylic acid groups (broad SMARTS) is 1. The van der Waals surface area contributed by atoms with Gasteiger partial charge in [-0.25, -0.2) is 8.78 Å². The van der Waals surface area contributed by atoms with Crippen LogP contribution in [0.1, 0.15) is 13.3 Å². The minimum Gasteiger partial charge on any atom is -0.481 e. The molecule has 1 unspecified atom stereocenters. The second-order valence-corrected chi connectivity index (χ2v) is 4.25. The second kappa shape index (κ2) is 2.87. The zero-order valence-corrected chi connectivity index (χ0v) is 7.46. The van der Waals surface area contributed by atoms with Crippen molar-refractivity contribution in [1.82, 2.24) is 0 Å². The van der Waals surface area contributed by atoms with Crippen LogP contribution in [0.25, 0.3) is 0 Å². The Kier molecular flexibility index (Phi) is 2.33. The molecule has 1 aliphatic rings. The van der Waals surface area contributed by atoms with Crippen LogP contribution < -0.4 is 0 Å². The molecule has 0 saturated carbocycles. The van der Waals surface area contributed by atoms with Gasteiger partial charge in [0.1, 0.15) is 5.41 Å². The number of thioether (sulfide) groups is 1. The first-order valence-electron chi connectivity index (χ1n) is 3.59. The fourth-order valence-corrected chi connectivity index (χ4v) is 2.35. The molecular formula is C7H10F2O2S. The highest BCUT2D eigenvalue weighted by molar-refractivity contribution is 7.99. The van der Waals surface area contributed by atoms with Crippen molar-refractivity contribution in [3.8, 4) is 0 Å². The summed E-state index contributed by atoms with van der Waals surface area (Å²) in [5, 5.41) is 8.64. The van der Waals surface area contributed by atoms with Crippen molar-refractivity contribution in [2.45, 2.75) is 19.3 Å². The normalized spacial score (nSPS) is 34.6. The number of aliphatic carboxylic acids is 1. The van der Waals surface area contributed by atoms with E-state index in [1.165, 1.54) is 0 Å². The second-order valence-electron chi connectivity index (χ2n) is 3.14. The minimum atomic E-state index is -3.08. The molecule has 0 aromatic rings. The van der Waals surface area contributed by atoms with Crippen molar-refractivity contribution in [2.24, 2.45) is 5.41 Å². The lowest BCUT2D eigenvalue weighted by Crippen LogP contribution is -2.49. The van der Waals surface area contributed by atoms with Gasteiger partial charge in [0.2, 0.25) is 0 Å². The average molecular weight is 196 g/mol. The number of hydrogen-bond donors (Lipinski definition) is 1. The monoisotopic (exact) mass is 196 g/mol. The molecule has 1 aliphatic heterocycles. The Morgan fingerprint density at radius 2 is 2.17 bits per heavy atom. The third kappa shape index (κ3) is 1.30. The first-order valence-corrected chi connectivity index (χ1v) is 4.74. The molecule has 1 N–H and O–H groups in total. The van der Waals surface area contributed by atoms with Gasteiger partial charge in [0.15, 0.2) is 0 Å². The number of alkyl halides is 2. The van der Waals surface area contributed by atoms with E-state index in [4.69, 9.17) is 5.11 Å². The van der Waals surface area contributed by atoms with E-state index in [2.05, 4.69) is 0 Å². The summed E-state index contributed by atoms with van der Waals surface area (Å²) in [6, 6.07) is 0. The first-order chi connectivity index (χ1) is 5.40. The molecular weight excluding hydrogens is 186 g/mol. The summed E-state index contributed by atoms with van der Waals surface area (Å²) in [4.78, 5) is 10.6. The number of carboxylic acids is 1. The van der Waals surface area contributed by atoms with Crippen molar-refractivity contribution in [3.05, 3.63) is 0 Å². The topological polar surface area (TPSA) is 37.3 Å².